The van der Waals surface area contributed by atoms with Crippen LogP contribution in [0.3, 0.4) is 0 Å². The number of rotatable bonds is 4. The van der Waals surface area contributed by atoms with Crippen LogP contribution in [0.5, 0.6) is 0 Å². The molecule has 3 fully saturated rings. The molecule has 182 valence electrons. The molecule has 0 aliphatic carbocycles. The maximum atomic E-state index is 10.6. The van der Waals surface area contributed by atoms with Crippen LogP contribution < -0.4 is 4.90 Å². The van der Waals surface area contributed by atoms with Gasteiger partial charge in [-0.15, -0.1) is 0 Å². The van der Waals surface area contributed by atoms with E-state index in [-0.39, 0.29) is 6.04 Å². The molecule has 1 N–H and O–H groups in total. The molecule has 0 bridgehead atoms. The number of likely N-dealkylation sites (tertiary alicyclic amines) is 2. The summed E-state index contributed by atoms with van der Waals surface area (Å²) >= 11 is 0. The largest absolute Gasteiger partial charge is 0.377 e. The molecule has 3 aromatic rings. The smallest absolute Gasteiger partial charge is 0.130 e. The molecule has 0 saturated carbocycles. The minimum absolute atomic E-state index is 0.212. The molecule has 0 spiro atoms. The lowest BCUT2D eigenvalue weighted by Gasteiger charge is -2.48. The van der Waals surface area contributed by atoms with Crippen molar-refractivity contribution in [3.8, 4) is 17.5 Å². The summed E-state index contributed by atoms with van der Waals surface area (Å²) in [6, 6.07) is 9.73. The standard InChI is InChI=1S/C26H32N8O/c1-18-16-35-12-11-34(18)23-13-21(20-3-7-28-25(24(20)30-23)22-4-8-29-31-22)26(17-27)5-9-33(10-6-26)19-14-32(2)15-19/h3-4,7-8,13,18-19H,5-6,9-12,14-16H2,1-2H3,(H,29,31)/t18-/m1/s1. The predicted octanol–water partition coefficient (Wildman–Crippen LogP) is 2.42. The Bertz CT molecular complexity index is 1240. The number of hydrogen-bond donors (Lipinski definition) is 1. The second kappa shape index (κ2) is 8.86. The van der Waals surface area contributed by atoms with E-state index in [4.69, 9.17) is 9.72 Å². The number of morpholine rings is 1. The first-order chi connectivity index (χ1) is 17.1. The first-order valence-corrected chi connectivity index (χ1v) is 12.6. The summed E-state index contributed by atoms with van der Waals surface area (Å²) in [5, 5.41) is 18.8. The molecule has 0 aromatic carbocycles. The van der Waals surface area contributed by atoms with Crippen LogP contribution in [-0.4, -0.2) is 95.0 Å². The van der Waals surface area contributed by atoms with E-state index in [0.717, 1.165) is 79.2 Å². The van der Waals surface area contributed by atoms with Crippen molar-refractivity contribution < 1.29 is 4.74 Å². The van der Waals surface area contributed by atoms with E-state index < -0.39 is 5.41 Å². The van der Waals surface area contributed by atoms with E-state index in [0.29, 0.717) is 19.3 Å². The summed E-state index contributed by atoms with van der Waals surface area (Å²) < 4.78 is 5.69. The number of hydrogen-bond acceptors (Lipinski definition) is 8. The number of ether oxygens (including phenoxy) is 1. The molecule has 3 aliphatic rings. The molecule has 6 heterocycles. The van der Waals surface area contributed by atoms with Gasteiger partial charge in [0.1, 0.15) is 17.0 Å². The van der Waals surface area contributed by atoms with E-state index in [1.165, 1.54) is 0 Å². The van der Waals surface area contributed by atoms with Crippen LogP contribution in [0.2, 0.25) is 0 Å². The minimum atomic E-state index is -0.551. The Balaban J connectivity index is 1.46. The first kappa shape index (κ1) is 22.4. The van der Waals surface area contributed by atoms with Crippen LogP contribution in [0, 0.1) is 11.3 Å². The molecule has 0 unspecified atom stereocenters. The molecule has 3 saturated heterocycles. The highest BCUT2D eigenvalue weighted by Gasteiger charge is 2.42. The molecule has 3 aromatic heterocycles. The fraction of sp³-hybridized carbons (Fsp3) is 0.538. The number of H-pyrrole nitrogens is 1. The maximum absolute atomic E-state index is 10.6. The molecular formula is C26H32N8O. The Morgan fingerprint density at radius 3 is 2.69 bits per heavy atom. The summed E-state index contributed by atoms with van der Waals surface area (Å²) in [5.74, 6) is 0.898. The van der Waals surface area contributed by atoms with Crippen molar-refractivity contribution >= 4 is 16.7 Å². The van der Waals surface area contributed by atoms with Crippen LogP contribution in [0.4, 0.5) is 5.82 Å². The number of anilines is 1. The Hall–Kier alpha value is -3.06. The van der Waals surface area contributed by atoms with Crippen LogP contribution in [0.1, 0.15) is 25.3 Å². The highest BCUT2D eigenvalue weighted by molar-refractivity contribution is 5.94. The summed E-state index contributed by atoms with van der Waals surface area (Å²) in [6.45, 7) is 8.41. The molecule has 0 amide bonds. The van der Waals surface area contributed by atoms with Crippen LogP contribution in [0.25, 0.3) is 22.3 Å². The van der Waals surface area contributed by atoms with Gasteiger partial charge in [0, 0.05) is 56.5 Å². The van der Waals surface area contributed by atoms with Gasteiger partial charge in [-0.25, -0.2) is 4.98 Å². The lowest BCUT2D eigenvalue weighted by molar-refractivity contribution is 0.0299. The van der Waals surface area contributed by atoms with Gasteiger partial charge < -0.3 is 14.5 Å². The second-order valence-corrected chi connectivity index (χ2v) is 10.3. The summed E-state index contributed by atoms with van der Waals surface area (Å²) in [5.41, 5.74) is 2.94. The van der Waals surface area contributed by atoms with Gasteiger partial charge in [-0.2, -0.15) is 10.4 Å². The van der Waals surface area contributed by atoms with Crippen molar-refractivity contribution in [2.45, 2.75) is 37.3 Å². The Labute approximate surface area is 205 Å². The highest BCUT2D eigenvalue weighted by atomic mass is 16.5. The number of pyridine rings is 2. The SMILES string of the molecule is C[C@@H]1COCCN1c1cc(C2(C#N)CCN(C3CN(C)C3)CC2)c2ccnc(-c3ccn[nH]3)c2n1. The minimum Gasteiger partial charge on any atom is -0.377 e. The summed E-state index contributed by atoms with van der Waals surface area (Å²) in [6.07, 6.45) is 5.20. The zero-order chi connectivity index (χ0) is 24.0. The van der Waals surface area contributed by atoms with Gasteiger partial charge in [-0.05, 0) is 50.6 Å². The fourth-order valence-corrected chi connectivity index (χ4v) is 5.94. The van der Waals surface area contributed by atoms with Gasteiger partial charge in [0.15, 0.2) is 0 Å². The Morgan fingerprint density at radius 2 is 2.00 bits per heavy atom. The van der Waals surface area contributed by atoms with Crippen molar-refractivity contribution in [2.75, 3.05) is 57.9 Å². The molecule has 6 rings (SSSR count). The number of aromatic nitrogens is 4. The zero-order valence-corrected chi connectivity index (χ0v) is 20.4. The molecule has 0 radical (unpaired) electrons. The maximum Gasteiger partial charge on any atom is 0.130 e. The third kappa shape index (κ3) is 3.86. The third-order valence-electron chi connectivity index (χ3n) is 8.07. The molecule has 35 heavy (non-hydrogen) atoms. The Morgan fingerprint density at radius 1 is 1.17 bits per heavy atom. The summed E-state index contributed by atoms with van der Waals surface area (Å²) in [7, 11) is 2.17. The normalized spacial score (nSPS) is 23.8. The molecule has 3 aliphatic heterocycles. The van der Waals surface area contributed by atoms with Crippen molar-refractivity contribution in [1.29, 1.82) is 5.26 Å². The lowest BCUT2D eigenvalue weighted by Crippen LogP contribution is -2.60. The molecule has 9 nitrogen and oxygen atoms in total. The highest BCUT2D eigenvalue weighted by Crippen LogP contribution is 2.42. The number of nitrogens with one attached hydrogen (secondary N) is 1. The monoisotopic (exact) mass is 472 g/mol. The first-order valence-electron chi connectivity index (χ1n) is 12.6. The molecule has 9 heteroatoms. The number of nitrogens with zero attached hydrogens (tertiary/aromatic N) is 7. The second-order valence-electron chi connectivity index (χ2n) is 10.3. The van der Waals surface area contributed by atoms with Crippen molar-refractivity contribution in [3.63, 3.8) is 0 Å². The van der Waals surface area contributed by atoms with Gasteiger partial charge in [0.2, 0.25) is 0 Å². The Kier molecular flexibility index (Phi) is 5.67. The van der Waals surface area contributed by atoms with Crippen LogP contribution in [0.15, 0.2) is 30.6 Å². The number of fused-ring (bicyclic) bond motifs is 1. The van der Waals surface area contributed by atoms with Crippen molar-refractivity contribution in [2.24, 2.45) is 0 Å². The van der Waals surface area contributed by atoms with Crippen LogP contribution >= 0.6 is 0 Å². The van der Waals surface area contributed by atoms with E-state index in [1.54, 1.807) is 6.20 Å². The van der Waals surface area contributed by atoms with E-state index in [9.17, 15) is 5.26 Å². The fourth-order valence-electron chi connectivity index (χ4n) is 5.94. The van der Waals surface area contributed by atoms with Gasteiger partial charge in [0.25, 0.3) is 0 Å². The quantitative estimate of drug-likeness (QED) is 0.618. The lowest BCUT2D eigenvalue weighted by atomic mass is 9.72. The predicted molar refractivity (Wildman–Crippen MR) is 134 cm³/mol. The van der Waals surface area contributed by atoms with Crippen molar-refractivity contribution in [1.82, 2.24) is 30.0 Å². The number of likely N-dealkylation sites (N-methyl/N-ethyl adjacent to an activating group) is 1. The van der Waals surface area contributed by atoms with Gasteiger partial charge in [-0.3, -0.25) is 15.0 Å². The van der Waals surface area contributed by atoms with E-state index >= 15 is 0 Å². The van der Waals surface area contributed by atoms with Gasteiger partial charge in [-0.1, -0.05) is 0 Å². The summed E-state index contributed by atoms with van der Waals surface area (Å²) in [4.78, 5) is 17.0. The van der Waals surface area contributed by atoms with Crippen LogP contribution in [-0.2, 0) is 10.2 Å². The topological polar surface area (TPSA) is 97.2 Å². The third-order valence-corrected chi connectivity index (χ3v) is 8.07. The van der Waals surface area contributed by atoms with Crippen molar-refractivity contribution in [3.05, 3.63) is 36.2 Å². The number of aromatic amines is 1. The molecule has 1 atom stereocenters. The van der Waals surface area contributed by atoms with E-state index in [1.807, 2.05) is 18.3 Å². The number of piperidine rings is 1. The van der Waals surface area contributed by atoms with Gasteiger partial charge in [0.05, 0.1) is 36.4 Å². The molecular weight excluding hydrogens is 440 g/mol. The average Bonchev–Trinajstić information content (AvgIpc) is 3.41. The van der Waals surface area contributed by atoms with E-state index in [2.05, 4.69) is 56.0 Å². The average molecular weight is 473 g/mol. The zero-order valence-electron chi connectivity index (χ0n) is 20.4. The van der Waals surface area contributed by atoms with Gasteiger partial charge >= 0.3 is 0 Å². The number of nitriles is 1.